The molecule has 0 saturated heterocycles. The molecule has 0 aliphatic carbocycles. The van der Waals surface area contributed by atoms with E-state index in [2.05, 4.69) is 34.1 Å². The van der Waals surface area contributed by atoms with Crippen LogP contribution in [0.5, 0.6) is 0 Å². The lowest BCUT2D eigenvalue weighted by Crippen LogP contribution is -2.32. The largest absolute Gasteiger partial charge is 0.370 e. The highest BCUT2D eigenvalue weighted by molar-refractivity contribution is 14.0. The van der Waals surface area contributed by atoms with Gasteiger partial charge in [0.05, 0.1) is 6.54 Å². The molecule has 2 aromatic heterocycles. The summed E-state index contributed by atoms with van der Waals surface area (Å²) in [7, 11) is 0. The molecule has 0 fully saturated rings. The summed E-state index contributed by atoms with van der Waals surface area (Å²) < 4.78 is 1.86. The van der Waals surface area contributed by atoms with E-state index in [0.29, 0.717) is 18.4 Å². The Morgan fingerprint density at radius 3 is 2.82 bits per heavy atom. The van der Waals surface area contributed by atoms with Crippen molar-refractivity contribution in [3.8, 4) is 5.82 Å². The van der Waals surface area contributed by atoms with Gasteiger partial charge in [-0.15, -0.1) is 24.0 Å². The summed E-state index contributed by atoms with van der Waals surface area (Å²) in [6.45, 7) is 5.74. The molecule has 0 radical (unpaired) electrons. The van der Waals surface area contributed by atoms with Gasteiger partial charge in [-0.3, -0.25) is 4.57 Å². The molecule has 2 aromatic rings. The predicted octanol–water partition coefficient (Wildman–Crippen LogP) is 2.34. The molecule has 2 heterocycles. The molecule has 0 saturated carbocycles. The van der Waals surface area contributed by atoms with Crippen molar-refractivity contribution in [3.63, 3.8) is 0 Å². The topological polar surface area (TPSA) is 81.1 Å². The van der Waals surface area contributed by atoms with Gasteiger partial charge >= 0.3 is 0 Å². The van der Waals surface area contributed by atoms with Crippen LogP contribution in [0.2, 0.25) is 0 Å². The smallest absolute Gasteiger partial charge is 0.188 e. The van der Waals surface area contributed by atoms with E-state index in [-0.39, 0.29) is 24.0 Å². The second-order valence-corrected chi connectivity index (χ2v) is 5.31. The normalized spacial score (nSPS) is 11.3. The van der Waals surface area contributed by atoms with E-state index in [1.807, 2.05) is 22.9 Å². The fourth-order valence-corrected chi connectivity index (χ4v) is 1.78. The van der Waals surface area contributed by atoms with Crippen molar-refractivity contribution in [2.75, 3.05) is 6.54 Å². The molecule has 0 aliphatic heterocycles. The van der Waals surface area contributed by atoms with E-state index in [0.717, 1.165) is 24.3 Å². The van der Waals surface area contributed by atoms with Gasteiger partial charge in [-0.2, -0.15) is 0 Å². The molecule has 3 N–H and O–H groups in total. The molecule has 0 spiro atoms. The molecule has 0 bridgehead atoms. The van der Waals surface area contributed by atoms with Crippen molar-refractivity contribution in [3.05, 3.63) is 42.6 Å². The maximum absolute atomic E-state index is 5.82. The lowest BCUT2D eigenvalue weighted by molar-refractivity contribution is 0.576. The van der Waals surface area contributed by atoms with E-state index in [4.69, 9.17) is 5.73 Å². The zero-order chi connectivity index (χ0) is 15.1. The van der Waals surface area contributed by atoms with Crippen molar-refractivity contribution in [1.29, 1.82) is 0 Å². The Morgan fingerprint density at radius 2 is 2.23 bits per heavy atom. The van der Waals surface area contributed by atoms with Gasteiger partial charge < -0.3 is 11.1 Å². The van der Waals surface area contributed by atoms with Crippen molar-refractivity contribution in [2.24, 2.45) is 16.6 Å². The number of aromatic nitrogens is 3. The highest BCUT2D eigenvalue weighted by Gasteiger charge is 1.99. The lowest BCUT2D eigenvalue weighted by atomic mass is 10.1. The molecular formula is C15H23IN6. The minimum Gasteiger partial charge on any atom is -0.370 e. The number of rotatable bonds is 6. The summed E-state index contributed by atoms with van der Waals surface area (Å²) in [6, 6.07) is 3.93. The number of guanidine groups is 1. The van der Waals surface area contributed by atoms with Gasteiger partial charge in [-0.05, 0) is 24.0 Å². The van der Waals surface area contributed by atoms with E-state index >= 15 is 0 Å². The van der Waals surface area contributed by atoms with Crippen LogP contribution in [0.3, 0.4) is 0 Å². The quantitative estimate of drug-likeness (QED) is 0.432. The van der Waals surface area contributed by atoms with Crippen LogP contribution in [-0.2, 0) is 6.54 Å². The Morgan fingerprint density at radius 1 is 1.41 bits per heavy atom. The SMILES string of the molecule is CC(C)CCNC(N)=NCc1ccc(-n2ccnc2)nc1.I. The summed E-state index contributed by atoms with van der Waals surface area (Å²) in [4.78, 5) is 12.7. The van der Waals surface area contributed by atoms with Gasteiger partial charge in [0.1, 0.15) is 12.1 Å². The molecule has 7 heteroatoms. The van der Waals surface area contributed by atoms with Crippen molar-refractivity contribution < 1.29 is 0 Å². The molecule has 0 aliphatic rings. The monoisotopic (exact) mass is 414 g/mol. The fourth-order valence-electron chi connectivity index (χ4n) is 1.78. The first kappa shape index (κ1) is 18.4. The van der Waals surface area contributed by atoms with E-state index in [9.17, 15) is 0 Å². The number of aliphatic imine (C=N–C) groups is 1. The first-order valence-corrected chi connectivity index (χ1v) is 7.12. The Kier molecular flexibility index (Phi) is 7.86. The van der Waals surface area contributed by atoms with Crippen LogP contribution in [0.15, 0.2) is 42.0 Å². The number of nitrogens with zero attached hydrogens (tertiary/aromatic N) is 4. The summed E-state index contributed by atoms with van der Waals surface area (Å²) in [5, 5.41) is 3.11. The number of hydrogen-bond acceptors (Lipinski definition) is 3. The van der Waals surface area contributed by atoms with Gasteiger partial charge in [0, 0.05) is 25.1 Å². The summed E-state index contributed by atoms with van der Waals surface area (Å²) in [5.41, 5.74) is 6.84. The zero-order valence-corrected chi connectivity index (χ0v) is 15.3. The average molecular weight is 414 g/mol. The maximum atomic E-state index is 5.82. The van der Waals surface area contributed by atoms with Crippen molar-refractivity contribution in [1.82, 2.24) is 19.9 Å². The Bertz CT molecular complexity index is 562. The second-order valence-electron chi connectivity index (χ2n) is 5.31. The Hall–Kier alpha value is -1.64. The van der Waals surface area contributed by atoms with Crippen molar-refractivity contribution >= 4 is 29.9 Å². The minimum absolute atomic E-state index is 0. The van der Waals surface area contributed by atoms with Gasteiger partial charge in [-0.1, -0.05) is 19.9 Å². The Labute approximate surface area is 148 Å². The predicted molar refractivity (Wildman–Crippen MR) is 99.6 cm³/mol. The third-order valence-corrected chi connectivity index (χ3v) is 3.04. The van der Waals surface area contributed by atoms with Gasteiger partial charge in [0.2, 0.25) is 0 Å². The molecule has 22 heavy (non-hydrogen) atoms. The average Bonchev–Trinajstić information content (AvgIpc) is 2.99. The van der Waals surface area contributed by atoms with Gasteiger partial charge in [0.15, 0.2) is 5.96 Å². The number of nitrogens with two attached hydrogens (primary N) is 1. The van der Waals surface area contributed by atoms with Crippen LogP contribution < -0.4 is 11.1 Å². The van der Waals surface area contributed by atoms with Crippen LogP contribution in [-0.4, -0.2) is 27.0 Å². The fraction of sp³-hybridized carbons (Fsp3) is 0.400. The van der Waals surface area contributed by atoms with E-state index in [1.54, 1.807) is 18.7 Å². The first-order chi connectivity index (χ1) is 10.1. The first-order valence-electron chi connectivity index (χ1n) is 7.12. The third kappa shape index (κ3) is 6.00. The van der Waals surface area contributed by atoms with Crippen molar-refractivity contribution in [2.45, 2.75) is 26.8 Å². The highest BCUT2D eigenvalue weighted by atomic mass is 127. The number of pyridine rings is 1. The summed E-state index contributed by atoms with van der Waals surface area (Å²) in [6.07, 6.45) is 8.19. The van der Waals surface area contributed by atoms with Gasteiger partial charge in [-0.25, -0.2) is 15.0 Å². The van der Waals surface area contributed by atoms with Crippen LogP contribution >= 0.6 is 24.0 Å². The molecule has 0 unspecified atom stereocenters. The number of halogens is 1. The van der Waals surface area contributed by atoms with Crippen LogP contribution in [0.1, 0.15) is 25.8 Å². The molecule has 0 amide bonds. The highest BCUT2D eigenvalue weighted by Crippen LogP contribution is 2.06. The van der Waals surface area contributed by atoms with Crippen LogP contribution in [0.25, 0.3) is 5.82 Å². The van der Waals surface area contributed by atoms with Gasteiger partial charge in [0.25, 0.3) is 0 Å². The number of imidazole rings is 1. The molecule has 0 atom stereocenters. The molecule has 6 nitrogen and oxygen atoms in total. The number of nitrogens with one attached hydrogen (secondary N) is 1. The Balaban J connectivity index is 0.00000242. The lowest BCUT2D eigenvalue weighted by Gasteiger charge is -2.07. The number of hydrogen-bond donors (Lipinski definition) is 2. The molecule has 2 rings (SSSR count). The second kappa shape index (κ2) is 9.39. The molecule has 0 aromatic carbocycles. The maximum Gasteiger partial charge on any atom is 0.188 e. The zero-order valence-electron chi connectivity index (χ0n) is 12.9. The summed E-state index contributed by atoms with van der Waals surface area (Å²) in [5.74, 6) is 1.97. The minimum atomic E-state index is 0. The summed E-state index contributed by atoms with van der Waals surface area (Å²) >= 11 is 0. The van der Waals surface area contributed by atoms with Crippen LogP contribution in [0, 0.1) is 5.92 Å². The molecule has 120 valence electrons. The standard InChI is InChI=1S/C15H22N6.HI/c1-12(2)5-6-18-15(16)20-10-13-3-4-14(19-9-13)21-8-7-17-11-21;/h3-4,7-9,11-12H,5-6,10H2,1-2H3,(H3,16,18,20);1H. The van der Waals surface area contributed by atoms with E-state index < -0.39 is 0 Å². The van der Waals surface area contributed by atoms with Crippen LogP contribution in [0.4, 0.5) is 0 Å². The van der Waals surface area contributed by atoms with E-state index in [1.165, 1.54) is 0 Å². The third-order valence-electron chi connectivity index (χ3n) is 3.04. The molecular weight excluding hydrogens is 391 g/mol.